The Morgan fingerprint density at radius 3 is 2.64 bits per heavy atom. The van der Waals surface area contributed by atoms with Crippen molar-refractivity contribution >= 4 is 28.8 Å². The summed E-state index contributed by atoms with van der Waals surface area (Å²) >= 11 is 1.52. The Kier molecular flexibility index (Phi) is 4.63. The second-order valence-corrected chi connectivity index (χ2v) is 7.29. The number of fused-ring (bicyclic) bond motifs is 1. The van der Waals surface area contributed by atoms with Gasteiger partial charge in [0.15, 0.2) is 0 Å². The van der Waals surface area contributed by atoms with Crippen LogP contribution in [0.15, 0.2) is 23.6 Å². The van der Waals surface area contributed by atoms with Crippen molar-refractivity contribution in [3.63, 3.8) is 0 Å². The third kappa shape index (κ3) is 3.43. The van der Waals surface area contributed by atoms with Crippen LogP contribution in [0.5, 0.6) is 0 Å². The van der Waals surface area contributed by atoms with Crippen molar-refractivity contribution in [1.29, 1.82) is 0 Å². The van der Waals surface area contributed by atoms with Gasteiger partial charge in [0, 0.05) is 17.5 Å². The molecule has 130 valence electrons. The average Bonchev–Trinajstić information content (AvgIpc) is 3.11. The number of nitro groups is 1. The molecule has 0 bridgehead atoms. The third-order valence-corrected chi connectivity index (χ3v) is 4.98. The van der Waals surface area contributed by atoms with Crippen molar-refractivity contribution in [3.8, 4) is 0 Å². The molecule has 0 saturated heterocycles. The van der Waals surface area contributed by atoms with Crippen molar-refractivity contribution in [2.75, 3.05) is 0 Å². The molecule has 0 spiro atoms. The Morgan fingerprint density at radius 1 is 1.24 bits per heavy atom. The van der Waals surface area contributed by atoms with Crippen LogP contribution in [0.2, 0.25) is 0 Å². The zero-order valence-corrected chi connectivity index (χ0v) is 14.7. The normalized spacial score (nSPS) is 13.6. The first-order valence-electron chi connectivity index (χ1n) is 7.94. The summed E-state index contributed by atoms with van der Waals surface area (Å²) in [7, 11) is 0. The van der Waals surface area contributed by atoms with Crippen LogP contribution in [-0.4, -0.2) is 26.6 Å². The number of non-ortho nitro benzene ring substituents is 1. The topological polar surface area (TPSA) is 93.4 Å². The number of rotatable bonds is 6. The second kappa shape index (κ2) is 6.72. The second-order valence-electron chi connectivity index (χ2n) is 6.35. The molecule has 0 aliphatic carbocycles. The number of hydrogen-bond acceptors (Lipinski definition) is 6. The van der Waals surface area contributed by atoms with Gasteiger partial charge in [-0.3, -0.25) is 24.6 Å². The van der Waals surface area contributed by atoms with Gasteiger partial charge in [0.1, 0.15) is 0 Å². The minimum absolute atomic E-state index is 0.0782. The van der Waals surface area contributed by atoms with Crippen molar-refractivity contribution in [2.24, 2.45) is 5.92 Å². The van der Waals surface area contributed by atoms with E-state index in [-0.39, 0.29) is 23.4 Å². The summed E-state index contributed by atoms with van der Waals surface area (Å²) in [5, 5.41) is 13.7. The minimum atomic E-state index is -0.581. The van der Waals surface area contributed by atoms with Gasteiger partial charge in [-0.2, -0.15) is 0 Å². The fourth-order valence-corrected chi connectivity index (χ4v) is 3.45. The lowest BCUT2D eigenvalue weighted by atomic mass is 10.1. The number of carbonyl (C=O) groups excluding carboxylic acids is 2. The molecule has 25 heavy (non-hydrogen) atoms. The van der Waals surface area contributed by atoms with Crippen molar-refractivity contribution in [3.05, 3.63) is 55.5 Å². The van der Waals surface area contributed by atoms with Crippen LogP contribution in [0.3, 0.4) is 0 Å². The van der Waals surface area contributed by atoms with E-state index in [4.69, 9.17) is 0 Å². The predicted molar refractivity (Wildman–Crippen MR) is 92.6 cm³/mol. The van der Waals surface area contributed by atoms with Crippen molar-refractivity contribution in [2.45, 2.75) is 33.2 Å². The summed E-state index contributed by atoms with van der Waals surface area (Å²) in [6.07, 6.45) is 1.90. The molecule has 8 heteroatoms. The number of thiazole rings is 1. The number of nitro benzene ring substituents is 1. The molecular formula is C17H17N3O4S. The van der Waals surface area contributed by atoms with Crippen molar-refractivity contribution in [1.82, 2.24) is 9.88 Å². The van der Waals surface area contributed by atoms with Gasteiger partial charge >= 0.3 is 0 Å². The molecule has 1 aromatic carbocycles. The van der Waals surface area contributed by atoms with Crippen LogP contribution in [0.25, 0.3) is 0 Å². The first kappa shape index (κ1) is 17.2. The molecule has 0 unspecified atom stereocenters. The summed E-state index contributed by atoms with van der Waals surface area (Å²) in [4.78, 5) is 40.8. The van der Waals surface area contributed by atoms with Crippen LogP contribution >= 0.6 is 11.3 Å². The largest absolute Gasteiger partial charge is 0.270 e. The number of aromatic nitrogens is 1. The maximum atomic E-state index is 12.5. The average molecular weight is 359 g/mol. The molecule has 7 nitrogen and oxygen atoms in total. The standard InChI is InChI=1S/C17H17N3O4S/c1-10(2)3-6-15-18-11(9-25-15)8-19-16(21)13-5-4-12(20(23)24)7-14(13)17(19)22/h4-5,7,9-10H,3,6,8H2,1-2H3. The first-order chi connectivity index (χ1) is 11.9. The Balaban J connectivity index is 1.77. The molecule has 2 heterocycles. The Hall–Kier alpha value is -2.61. The summed E-state index contributed by atoms with van der Waals surface area (Å²) in [5.41, 5.74) is 0.736. The van der Waals surface area contributed by atoms with Crippen LogP contribution in [0.1, 0.15) is 51.7 Å². The van der Waals surface area contributed by atoms with E-state index < -0.39 is 16.7 Å². The van der Waals surface area contributed by atoms with E-state index in [0.717, 1.165) is 28.8 Å². The van der Waals surface area contributed by atoms with E-state index >= 15 is 0 Å². The number of aryl methyl sites for hydroxylation is 1. The van der Waals surface area contributed by atoms with Gasteiger partial charge in [-0.25, -0.2) is 4.98 Å². The SMILES string of the molecule is CC(C)CCc1nc(CN2C(=O)c3ccc([N+](=O)[O-])cc3C2=O)cs1. The zero-order valence-electron chi connectivity index (χ0n) is 13.9. The van der Waals surface area contributed by atoms with Gasteiger partial charge < -0.3 is 0 Å². The predicted octanol–water partition coefficient (Wildman–Crippen LogP) is 3.44. The van der Waals surface area contributed by atoms with Crippen LogP contribution < -0.4 is 0 Å². The van der Waals surface area contributed by atoms with E-state index in [1.54, 1.807) is 0 Å². The van der Waals surface area contributed by atoms with E-state index in [9.17, 15) is 19.7 Å². The lowest BCUT2D eigenvalue weighted by Crippen LogP contribution is -2.29. The zero-order chi connectivity index (χ0) is 18.1. The summed E-state index contributed by atoms with van der Waals surface area (Å²) in [6.45, 7) is 4.37. The molecule has 1 aromatic heterocycles. The number of amides is 2. The van der Waals surface area contributed by atoms with E-state index in [0.29, 0.717) is 11.6 Å². The highest BCUT2D eigenvalue weighted by molar-refractivity contribution is 7.09. The van der Waals surface area contributed by atoms with E-state index in [1.807, 2.05) is 5.38 Å². The Labute approximate surface area is 148 Å². The molecule has 2 amide bonds. The Morgan fingerprint density at radius 2 is 1.96 bits per heavy atom. The highest BCUT2D eigenvalue weighted by atomic mass is 32.1. The van der Waals surface area contributed by atoms with Gasteiger partial charge in [0.25, 0.3) is 17.5 Å². The summed E-state index contributed by atoms with van der Waals surface area (Å²) in [6, 6.07) is 3.73. The Bertz CT molecular complexity index is 859. The van der Waals surface area contributed by atoms with Crippen LogP contribution in [-0.2, 0) is 13.0 Å². The van der Waals surface area contributed by atoms with Gasteiger partial charge in [-0.15, -0.1) is 11.3 Å². The minimum Gasteiger partial charge on any atom is -0.269 e. The molecule has 0 fully saturated rings. The molecule has 1 aliphatic rings. The lowest BCUT2D eigenvalue weighted by Gasteiger charge is -2.11. The molecule has 3 rings (SSSR count). The molecule has 0 atom stereocenters. The third-order valence-electron chi connectivity index (χ3n) is 4.02. The van der Waals surface area contributed by atoms with Gasteiger partial charge in [-0.05, 0) is 24.8 Å². The van der Waals surface area contributed by atoms with Gasteiger partial charge in [-0.1, -0.05) is 13.8 Å². The first-order valence-corrected chi connectivity index (χ1v) is 8.82. The lowest BCUT2D eigenvalue weighted by molar-refractivity contribution is -0.384. The highest BCUT2D eigenvalue weighted by Gasteiger charge is 2.37. The van der Waals surface area contributed by atoms with Crippen LogP contribution in [0.4, 0.5) is 5.69 Å². The number of imide groups is 1. The molecule has 0 N–H and O–H groups in total. The van der Waals surface area contributed by atoms with Gasteiger partial charge in [0.2, 0.25) is 0 Å². The quantitative estimate of drug-likeness (QED) is 0.447. The maximum absolute atomic E-state index is 12.5. The maximum Gasteiger partial charge on any atom is 0.270 e. The highest BCUT2D eigenvalue weighted by Crippen LogP contribution is 2.28. The summed E-state index contributed by atoms with van der Waals surface area (Å²) in [5.74, 6) is -0.369. The number of benzene rings is 1. The molecule has 2 aromatic rings. The summed E-state index contributed by atoms with van der Waals surface area (Å²) < 4.78 is 0. The van der Waals surface area contributed by atoms with E-state index in [2.05, 4.69) is 18.8 Å². The molecule has 0 radical (unpaired) electrons. The molecular weight excluding hydrogens is 342 g/mol. The smallest absolute Gasteiger partial charge is 0.269 e. The fraction of sp³-hybridized carbons (Fsp3) is 0.353. The molecule has 1 aliphatic heterocycles. The number of hydrogen-bond donors (Lipinski definition) is 0. The number of nitrogens with zero attached hydrogens (tertiary/aromatic N) is 3. The monoisotopic (exact) mass is 359 g/mol. The van der Waals surface area contributed by atoms with Crippen LogP contribution in [0, 0.1) is 16.0 Å². The van der Waals surface area contributed by atoms with Crippen molar-refractivity contribution < 1.29 is 14.5 Å². The fourth-order valence-electron chi connectivity index (χ4n) is 2.65. The van der Waals surface area contributed by atoms with Gasteiger partial charge in [0.05, 0.1) is 33.3 Å². The molecule has 0 saturated carbocycles. The van der Waals surface area contributed by atoms with E-state index in [1.165, 1.54) is 23.5 Å². The number of carbonyl (C=O) groups is 2.